The van der Waals surface area contributed by atoms with Gasteiger partial charge in [-0.2, -0.15) is 15.4 Å². The first kappa shape index (κ1) is 15.1. The van der Waals surface area contributed by atoms with Crippen molar-refractivity contribution < 1.29 is 14.1 Å². The molecular formula is C15H9N5O4. The first-order chi connectivity index (χ1) is 11.6. The minimum atomic E-state index is -0.876. The van der Waals surface area contributed by atoms with Crippen molar-refractivity contribution in [1.29, 1.82) is 10.5 Å². The highest BCUT2D eigenvalue weighted by atomic mass is 16.8. The molecule has 1 heterocycles. The maximum absolute atomic E-state index is 11.5. The number of nitrogens with one attached hydrogen (secondary N) is 1. The van der Waals surface area contributed by atoms with Crippen LogP contribution in [-0.2, 0) is 0 Å². The molecule has 0 fully saturated rings. The van der Waals surface area contributed by atoms with Gasteiger partial charge in [-0.3, -0.25) is 0 Å². The molecule has 118 valence electrons. The van der Waals surface area contributed by atoms with Gasteiger partial charge < -0.3 is 10.4 Å². The predicted molar refractivity (Wildman–Crippen MR) is 79.6 cm³/mol. The molecule has 9 nitrogen and oxygen atoms in total. The standard InChI is InChI=1S/C15H9N5O4/c16-7-9-1-3-10(4-2-9)12(8-17)11-5-6-13-14(15(11)19(21)22)18-24-20(13)23/h1-6,11-12,18H. The molecule has 2 atom stereocenters. The summed E-state index contributed by atoms with van der Waals surface area (Å²) in [5.41, 5.74) is 0.561. The van der Waals surface area contributed by atoms with E-state index in [9.17, 15) is 20.6 Å². The van der Waals surface area contributed by atoms with Crippen molar-refractivity contribution in [2.24, 2.45) is 5.92 Å². The van der Waals surface area contributed by atoms with E-state index >= 15 is 0 Å². The van der Waals surface area contributed by atoms with E-state index in [0.717, 1.165) is 0 Å². The van der Waals surface area contributed by atoms with Crippen LogP contribution in [0.2, 0.25) is 0 Å². The molecule has 0 bridgehead atoms. The van der Waals surface area contributed by atoms with Crippen LogP contribution in [0.1, 0.15) is 28.4 Å². The Balaban J connectivity index is 2.10. The van der Waals surface area contributed by atoms with Crippen molar-refractivity contribution in [1.82, 2.24) is 5.16 Å². The second-order valence-corrected chi connectivity index (χ2v) is 5.08. The molecule has 1 N–H and O–H groups in total. The van der Waals surface area contributed by atoms with E-state index in [4.69, 9.17) is 5.26 Å². The molecule has 0 radical (unpaired) electrons. The molecule has 9 heteroatoms. The molecule has 2 aromatic rings. The minimum absolute atomic E-state index is 0.0190. The van der Waals surface area contributed by atoms with Gasteiger partial charge in [0.2, 0.25) is 0 Å². The first-order valence-corrected chi connectivity index (χ1v) is 6.80. The van der Waals surface area contributed by atoms with Crippen molar-refractivity contribution in [2.75, 3.05) is 0 Å². The van der Waals surface area contributed by atoms with Gasteiger partial charge in [0.1, 0.15) is 0 Å². The van der Waals surface area contributed by atoms with Gasteiger partial charge in [-0.15, -0.1) is 0 Å². The lowest BCUT2D eigenvalue weighted by Crippen LogP contribution is -2.31. The Morgan fingerprint density at radius 1 is 1.29 bits per heavy atom. The molecule has 3 rings (SSSR count). The third-order valence-electron chi connectivity index (χ3n) is 3.81. The highest BCUT2D eigenvalue weighted by molar-refractivity contribution is 6.03. The quantitative estimate of drug-likeness (QED) is 0.647. The van der Waals surface area contributed by atoms with E-state index in [1.54, 1.807) is 24.3 Å². The molecule has 0 amide bonds. The fourth-order valence-electron chi connectivity index (χ4n) is 2.67. The predicted octanol–water partition coefficient (Wildman–Crippen LogP) is 1.14. The number of nitriles is 2. The number of nitrogens with zero attached hydrogens (tertiary/aromatic N) is 4. The average molecular weight is 323 g/mol. The minimum Gasteiger partial charge on any atom is -0.612 e. The zero-order valence-electron chi connectivity index (χ0n) is 12.0. The van der Waals surface area contributed by atoms with Crippen LogP contribution in [0.25, 0.3) is 6.08 Å². The van der Waals surface area contributed by atoms with Gasteiger partial charge in [0.15, 0.2) is 4.60 Å². The summed E-state index contributed by atoms with van der Waals surface area (Å²) in [5, 5.41) is 43.6. The fourth-order valence-corrected chi connectivity index (χ4v) is 2.67. The summed E-state index contributed by atoms with van der Waals surface area (Å²) in [6.07, 6.45) is 2.82. The van der Waals surface area contributed by atoms with Crippen LogP contribution >= 0.6 is 0 Å². The summed E-state index contributed by atoms with van der Waals surface area (Å²) >= 11 is 0. The van der Waals surface area contributed by atoms with E-state index < -0.39 is 16.7 Å². The van der Waals surface area contributed by atoms with E-state index in [2.05, 4.69) is 15.9 Å². The van der Waals surface area contributed by atoms with Gasteiger partial charge >= 0.3 is 0 Å². The lowest BCUT2D eigenvalue weighted by molar-refractivity contribution is -0.714. The summed E-state index contributed by atoms with van der Waals surface area (Å²) < 4.78 is 4.67. The van der Waals surface area contributed by atoms with Crippen LogP contribution < -0.4 is 4.60 Å². The SMILES string of the molecule is N#Cc1ccc(C(C#N)C2C=Cc3c([nH]o[n+]3=O)C2=[N+]([O-])[O-])cc1. The van der Waals surface area contributed by atoms with E-state index in [1.165, 1.54) is 12.2 Å². The second-order valence-electron chi connectivity index (χ2n) is 5.08. The number of benzene rings is 1. The van der Waals surface area contributed by atoms with Gasteiger partial charge in [-0.1, -0.05) is 28.0 Å². The molecule has 0 spiro atoms. The Hall–Kier alpha value is -3.85. The van der Waals surface area contributed by atoms with Crippen molar-refractivity contribution >= 4 is 11.8 Å². The number of rotatable bonds is 2. The number of hydrogen-bond acceptors (Lipinski definition) is 6. The second kappa shape index (κ2) is 5.74. The maximum Gasteiger partial charge on any atom is 0.288 e. The largest absolute Gasteiger partial charge is 0.612 e. The lowest BCUT2D eigenvalue weighted by Gasteiger charge is -2.21. The molecule has 1 aliphatic rings. The van der Waals surface area contributed by atoms with Crippen LogP contribution in [0.3, 0.4) is 0 Å². The van der Waals surface area contributed by atoms with Crippen LogP contribution in [0, 0.1) is 43.9 Å². The molecule has 1 aromatic heterocycles. The molecule has 0 saturated carbocycles. The third kappa shape index (κ3) is 2.30. The smallest absolute Gasteiger partial charge is 0.288 e. The molecule has 0 aliphatic heterocycles. The Bertz CT molecular complexity index is 981. The zero-order chi connectivity index (χ0) is 17.3. The van der Waals surface area contributed by atoms with E-state index in [-0.39, 0.29) is 21.7 Å². The highest BCUT2D eigenvalue weighted by Gasteiger charge is 2.41. The van der Waals surface area contributed by atoms with Gasteiger partial charge in [-0.05, 0) is 28.7 Å². The molecular weight excluding hydrogens is 314 g/mol. The highest BCUT2D eigenvalue weighted by Crippen LogP contribution is 2.32. The Morgan fingerprint density at radius 2 is 2.00 bits per heavy atom. The summed E-state index contributed by atoms with van der Waals surface area (Å²) in [6, 6.07) is 10.3. The van der Waals surface area contributed by atoms with Crippen molar-refractivity contribution in [3.63, 3.8) is 0 Å². The van der Waals surface area contributed by atoms with E-state index in [1.807, 2.05) is 6.07 Å². The van der Waals surface area contributed by atoms with Crippen molar-refractivity contribution in [3.05, 3.63) is 68.2 Å². The van der Waals surface area contributed by atoms with Gasteiger partial charge in [0.05, 0.1) is 29.5 Å². The Kier molecular flexibility index (Phi) is 3.60. The van der Waals surface area contributed by atoms with Gasteiger partial charge in [0, 0.05) is 0 Å². The molecule has 24 heavy (non-hydrogen) atoms. The van der Waals surface area contributed by atoms with Crippen molar-refractivity contribution in [3.8, 4) is 12.1 Å². The number of fused-ring (bicyclic) bond motifs is 1. The number of hydrogen-bond donors (Lipinski definition) is 1. The summed E-state index contributed by atoms with van der Waals surface area (Å²) in [6.45, 7) is 0. The average Bonchev–Trinajstić information content (AvgIpc) is 2.97. The third-order valence-corrected chi connectivity index (χ3v) is 3.81. The maximum atomic E-state index is 11.5. The van der Waals surface area contributed by atoms with Gasteiger partial charge in [-0.25, -0.2) is 0 Å². The Morgan fingerprint density at radius 3 is 2.58 bits per heavy atom. The molecule has 1 aliphatic carbocycles. The van der Waals surface area contributed by atoms with Crippen LogP contribution in [0.4, 0.5) is 0 Å². The number of H-pyrrole nitrogens is 1. The lowest BCUT2D eigenvalue weighted by atomic mass is 9.80. The normalized spacial score (nSPS) is 16.8. The molecule has 0 saturated heterocycles. The number of aromatic amines is 1. The van der Waals surface area contributed by atoms with Crippen molar-refractivity contribution in [2.45, 2.75) is 5.92 Å². The van der Waals surface area contributed by atoms with Crippen LogP contribution in [0.5, 0.6) is 0 Å². The Labute approximate surface area is 134 Å². The summed E-state index contributed by atoms with van der Waals surface area (Å²) in [5.74, 6) is -1.73. The van der Waals surface area contributed by atoms with E-state index in [0.29, 0.717) is 11.1 Å². The first-order valence-electron chi connectivity index (χ1n) is 6.80. The summed E-state index contributed by atoms with van der Waals surface area (Å²) in [7, 11) is 0. The summed E-state index contributed by atoms with van der Waals surface area (Å²) in [4.78, 5) is 10.8. The number of allylic oxidation sites excluding steroid dienone is 1. The van der Waals surface area contributed by atoms with Gasteiger partial charge in [0.25, 0.3) is 17.1 Å². The fraction of sp³-hybridized carbons (Fsp3) is 0.133. The number of aromatic nitrogens is 2. The molecule has 2 unspecified atom stereocenters. The molecule has 1 aromatic carbocycles. The zero-order valence-corrected chi connectivity index (χ0v) is 12.0. The van der Waals surface area contributed by atoms with Crippen LogP contribution in [-0.4, -0.2) is 15.8 Å². The topological polar surface area (TPSA) is 149 Å². The monoisotopic (exact) mass is 323 g/mol. The van der Waals surface area contributed by atoms with Crippen LogP contribution in [0.15, 0.2) is 35.0 Å².